The molecule has 1 atom stereocenters. The van der Waals surface area contributed by atoms with Crippen LogP contribution in [-0.2, 0) is 25.7 Å². The highest BCUT2D eigenvalue weighted by atomic mass is 16.6. The number of hydrogen-bond acceptors (Lipinski definition) is 6. The Kier molecular flexibility index (Phi) is 8.01. The number of benzene rings is 3. The monoisotopic (exact) mass is 555 g/mol. The molecule has 0 N–H and O–H groups in total. The zero-order chi connectivity index (χ0) is 29.0. The summed E-state index contributed by atoms with van der Waals surface area (Å²) in [5.74, 6) is -0.609. The standard InChI is InChI=1S/C33H37N3O5/c1-32(2,3)41-29(37)28(26-15-9-5-10-16-26)35-24-36(27-17-11-6-12-18-27)33(30(35)38)19-21-34(22-20-33)31(39)40-23-25-13-7-4-8-14-25/h4-18,28H,19-24H2,1-3H3/t28-/m0/s1. The number of nitrogens with zero attached hydrogens (tertiary/aromatic N) is 3. The van der Waals surface area contributed by atoms with Gasteiger partial charge in [0.2, 0.25) is 0 Å². The van der Waals surface area contributed by atoms with Crippen LogP contribution < -0.4 is 4.90 Å². The van der Waals surface area contributed by atoms with Crippen LogP contribution >= 0.6 is 0 Å². The van der Waals surface area contributed by atoms with Crippen LogP contribution in [0.2, 0.25) is 0 Å². The summed E-state index contributed by atoms with van der Waals surface area (Å²) in [5.41, 5.74) is 0.878. The molecule has 0 bridgehead atoms. The minimum absolute atomic E-state index is 0.140. The lowest BCUT2D eigenvalue weighted by atomic mass is 9.85. The van der Waals surface area contributed by atoms with Crippen LogP contribution in [-0.4, -0.2) is 58.7 Å². The average Bonchev–Trinajstić information content (AvgIpc) is 3.24. The molecule has 5 rings (SSSR count). The van der Waals surface area contributed by atoms with Crippen molar-refractivity contribution in [3.63, 3.8) is 0 Å². The summed E-state index contributed by atoms with van der Waals surface area (Å²) < 4.78 is 11.4. The smallest absolute Gasteiger partial charge is 0.410 e. The molecule has 2 heterocycles. The van der Waals surface area contributed by atoms with Gasteiger partial charge in [0.05, 0.1) is 6.67 Å². The fraction of sp³-hybridized carbons (Fsp3) is 0.364. The summed E-state index contributed by atoms with van der Waals surface area (Å²) in [4.78, 5) is 46.4. The van der Waals surface area contributed by atoms with E-state index >= 15 is 0 Å². The van der Waals surface area contributed by atoms with E-state index < -0.39 is 29.2 Å². The second kappa shape index (κ2) is 11.6. The molecule has 0 unspecified atom stereocenters. The van der Waals surface area contributed by atoms with E-state index in [0.717, 1.165) is 11.3 Å². The van der Waals surface area contributed by atoms with Gasteiger partial charge in [0.1, 0.15) is 17.7 Å². The van der Waals surface area contributed by atoms with Crippen molar-refractivity contribution in [2.45, 2.75) is 57.4 Å². The summed E-state index contributed by atoms with van der Waals surface area (Å²) >= 11 is 0. The lowest BCUT2D eigenvalue weighted by Crippen LogP contribution is -2.57. The zero-order valence-corrected chi connectivity index (χ0v) is 23.9. The Bertz CT molecular complexity index is 1350. The third-order valence-corrected chi connectivity index (χ3v) is 7.65. The van der Waals surface area contributed by atoms with Crippen LogP contribution in [0.5, 0.6) is 0 Å². The second-order valence-corrected chi connectivity index (χ2v) is 11.6. The SMILES string of the molecule is CC(C)(C)OC(=O)[C@H](c1ccccc1)N1CN(c2ccccc2)C2(CCN(C(=O)OCc3ccccc3)CC2)C1=O. The molecule has 2 amide bonds. The van der Waals surface area contributed by atoms with Crippen LogP contribution in [0.15, 0.2) is 91.0 Å². The predicted octanol–water partition coefficient (Wildman–Crippen LogP) is 5.55. The summed E-state index contributed by atoms with van der Waals surface area (Å²) in [5, 5.41) is 0. The van der Waals surface area contributed by atoms with Gasteiger partial charge in [-0.25, -0.2) is 9.59 Å². The largest absolute Gasteiger partial charge is 0.458 e. The number of rotatable bonds is 6. The third-order valence-electron chi connectivity index (χ3n) is 7.65. The Morgan fingerprint density at radius 3 is 2.00 bits per heavy atom. The molecule has 0 aliphatic carbocycles. The van der Waals surface area contributed by atoms with Gasteiger partial charge in [-0.05, 0) is 56.9 Å². The van der Waals surface area contributed by atoms with Gasteiger partial charge in [-0.1, -0.05) is 78.9 Å². The van der Waals surface area contributed by atoms with Gasteiger partial charge in [-0.2, -0.15) is 0 Å². The van der Waals surface area contributed by atoms with Gasteiger partial charge >= 0.3 is 12.1 Å². The van der Waals surface area contributed by atoms with Crippen molar-refractivity contribution < 1.29 is 23.9 Å². The maximum absolute atomic E-state index is 14.5. The molecule has 214 valence electrons. The molecule has 2 aliphatic rings. The van der Waals surface area contributed by atoms with Crippen molar-refractivity contribution in [3.05, 3.63) is 102 Å². The van der Waals surface area contributed by atoms with Crippen molar-refractivity contribution in [1.29, 1.82) is 0 Å². The van der Waals surface area contributed by atoms with Gasteiger partial charge in [0.15, 0.2) is 6.04 Å². The van der Waals surface area contributed by atoms with E-state index in [2.05, 4.69) is 4.90 Å². The van der Waals surface area contributed by atoms with Gasteiger partial charge < -0.3 is 24.2 Å². The van der Waals surface area contributed by atoms with Crippen molar-refractivity contribution in [1.82, 2.24) is 9.80 Å². The van der Waals surface area contributed by atoms with Crippen LogP contribution in [0.4, 0.5) is 10.5 Å². The van der Waals surface area contributed by atoms with Gasteiger partial charge in [-0.15, -0.1) is 0 Å². The molecule has 8 nitrogen and oxygen atoms in total. The number of para-hydroxylation sites is 1. The summed E-state index contributed by atoms with van der Waals surface area (Å²) in [6.07, 6.45) is 0.425. The summed E-state index contributed by atoms with van der Waals surface area (Å²) in [6.45, 7) is 6.60. The van der Waals surface area contributed by atoms with E-state index in [0.29, 0.717) is 31.5 Å². The Morgan fingerprint density at radius 2 is 1.41 bits per heavy atom. The number of hydrogen-bond donors (Lipinski definition) is 0. The number of likely N-dealkylation sites (tertiary alicyclic amines) is 1. The first kappa shape index (κ1) is 28.2. The molecule has 41 heavy (non-hydrogen) atoms. The number of piperidine rings is 1. The van der Waals surface area contributed by atoms with Crippen LogP contribution in [0.1, 0.15) is 50.8 Å². The lowest BCUT2D eigenvalue weighted by molar-refractivity contribution is -0.164. The molecule has 2 fully saturated rings. The van der Waals surface area contributed by atoms with E-state index in [1.165, 1.54) is 0 Å². The molecule has 2 saturated heterocycles. The molecule has 3 aromatic rings. The number of amides is 2. The van der Waals surface area contributed by atoms with Gasteiger partial charge in [0, 0.05) is 18.8 Å². The molecule has 0 aromatic heterocycles. The van der Waals surface area contributed by atoms with E-state index in [1.54, 1.807) is 9.80 Å². The highest BCUT2D eigenvalue weighted by Crippen LogP contribution is 2.43. The Morgan fingerprint density at radius 1 is 0.854 bits per heavy atom. The number of ether oxygens (including phenoxy) is 2. The number of carbonyl (C=O) groups excluding carboxylic acids is 3. The lowest BCUT2D eigenvalue weighted by Gasteiger charge is -2.43. The fourth-order valence-corrected chi connectivity index (χ4v) is 5.66. The molecular weight excluding hydrogens is 518 g/mol. The van der Waals surface area contributed by atoms with Crippen molar-refractivity contribution >= 4 is 23.7 Å². The number of esters is 1. The Hall–Kier alpha value is -4.33. The summed E-state index contributed by atoms with van der Waals surface area (Å²) in [6, 6.07) is 27.7. The maximum atomic E-state index is 14.5. The van der Waals surface area contributed by atoms with E-state index in [4.69, 9.17) is 9.47 Å². The van der Waals surface area contributed by atoms with Crippen molar-refractivity contribution in [3.8, 4) is 0 Å². The first-order chi connectivity index (χ1) is 19.7. The first-order valence-electron chi connectivity index (χ1n) is 14.1. The van der Waals surface area contributed by atoms with E-state index in [1.807, 2.05) is 112 Å². The molecule has 3 aromatic carbocycles. The number of anilines is 1. The molecular formula is C33H37N3O5. The normalized spacial score (nSPS) is 17.4. The minimum atomic E-state index is -0.910. The van der Waals surface area contributed by atoms with Crippen molar-refractivity contribution in [2.24, 2.45) is 0 Å². The molecule has 0 radical (unpaired) electrons. The van der Waals surface area contributed by atoms with Gasteiger partial charge in [-0.3, -0.25) is 4.79 Å². The zero-order valence-electron chi connectivity index (χ0n) is 23.9. The summed E-state index contributed by atoms with van der Waals surface area (Å²) in [7, 11) is 0. The first-order valence-corrected chi connectivity index (χ1v) is 14.1. The molecule has 1 spiro atoms. The Labute approximate surface area is 241 Å². The van der Waals surface area contributed by atoms with Crippen LogP contribution in [0.25, 0.3) is 0 Å². The highest BCUT2D eigenvalue weighted by Gasteiger charge is 2.57. The van der Waals surface area contributed by atoms with Gasteiger partial charge in [0.25, 0.3) is 5.91 Å². The number of carbonyl (C=O) groups is 3. The van der Waals surface area contributed by atoms with Crippen LogP contribution in [0, 0.1) is 0 Å². The fourth-order valence-electron chi connectivity index (χ4n) is 5.66. The molecule has 8 heteroatoms. The maximum Gasteiger partial charge on any atom is 0.410 e. The van der Waals surface area contributed by atoms with Crippen molar-refractivity contribution in [2.75, 3.05) is 24.7 Å². The molecule has 0 saturated carbocycles. The van der Waals surface area contributed by atoms with E-state index in [-0.39, 0.29) is 19.2 Å². The molecule has 2 aliphatic heterocycles. The quantitative estimate of drug-likeness (QED) is 0.371. The topological polar surface area (TPSA) is 79.4 Å². The minimum Gasteiger partial charge on any atom is -0.458 e. The van der Waals surface area contributed by atoms with Crippen LogP contribution in [0.3, 0.4) is 0 Å². The third kappa shape index (κ3) is 6.06. The second-order valence-electron chi connectivity index (χ2n) is 11.6. The highest BCUT2D eigenvalue weighted by molar-refractivity contribution is 5.97. The Balaban J connectivity index is 1.41. The van der Waals surface area contributed by atoms with E-state index in [9.17, 15) is 14.4 Å². The average molecular weight is 556 g/mol. The predicted molar refractivity (Wildman–Crippen MR) is 156 cm³/mol.